The number of nitro benzene ring substituents is 1. The molecule has 0 aliphatic carbocycles. The molecule has 3 aromatic rings. The number of allylic oxidation sites excluding steroid dienone is 1. The summed E-state index contributed by atoms with van der Waals surface area (Å²) in [6.45, 7) is 1.84. The molecule has 1 heterocycles. The van der Waals surface area contributed by atoms with E-state index in [1.165, 1.54) is 24.4 Å². The van der Waals surface area contributed by atoms with Crippen molar-refractivity contribution in [3.8, 4) is 0 Å². The Morgan fingerprint density at radius 1 is 0.939 bits per heavy atom. The number of carbonyl (C=O) groups is 1. The molecule has 33 heavy (non-hydrogen) atoms. The number of nitrogens with zero attached hydrogens (tertiary/aromatic N) is 2. The lowest BCUT2D eigenvalue weighted by Gasteiger charge is -2.33. The normalized spacial score (nSPS) is 18.3. The maximum atomic E-state index is 13.6. The summed E-state index contributed by atoms with van der Waals surface area (Å²) < 4.78 is 27.3. The first-order chi connectivity index (χ1) is 15.8. The second kappa shape index (κ2) is 8.99. The van der Waals surface area contributed by atoms with Crippen molar-refractivity contribution in [1.82, 2.24) is 4.31 Å². The molecular weight excluding hydrogens is 440 g/mol. The van der Waals surface area contributed by atoms with Gasteiger partial charge < -0.3 is 0 Å². The van der Waals surface area contributed by atoms with Gasteiger partial charge in [-0.1, -0.05) is 72.3 Å². The summed E-state index contributed by atoms with van der Waals surface area (Å²) in [5.41, 5.74) is 2.00. The minimum absolute atomic E-state index is 0.00806. The van der Waals surface area contributed by atoms with Gasteiger partial charge in [0.25, 0.3) is 15.7 Å². The Morgan fingerprint density at radius 2 is 1.58 bits per heavy atom. The molecule has 0 spiro atoms. The summed E-state index contributed by atoms with van der Waals surface area (Å²) in [4.78, 5) is 24.8. The monoisotopic (exact) mass is 462 g/mol. The van der Waals surface area contributed by atoms with E-state index in [2.05, 4.69) is 0 Å². The smallest absolute Gasteiger partial charge is 0.273 e. The molecule has 4 rings (SSSR count). The molecule has 0 aromatic heterocycles. The number of amides is 1. The number of hydrogen-bond acceptors (Lipinski definition) is 5. The number of para-hydroxylation sites is 1. The van der Waals surface area contributed by atoms with Crippen molar-refractivity contribution < 1.29 is 18.1 Å². The predicted molar refractivity (Wildman–Crippen MR) is 124 cm³/mol. The molecule has 1 aliphatic heterocycles. The average Bonchev–Trinajstić information content (AvgIpc) is 2.81. The molecule has 1 amide bonds. The van der Waals surface area contributed by atoms with Crippen LogP contribution in [0.5, 0.6) is 0 Å². The maximum absolute atomic E-state index is 13.6. The molecule has 0 bridgehead atoms. The van der Waals surface area contributed by atoms with Crippen LogP contribution in [-0.2, 0) is 21.2 Å². The van der Waals surface area contributed by atoms with Gasteiger partial charge in [-0.05, 0) is 31.0 Å². The summed E-state index contributed by atoms with van der Waals surface area (Å²) >= 11 is 0. The lowest BCUT2D eigenvalue weighted by Crippen LogP contribution is -2.42. The number of sulfonamides is 1. The van der Waals surface area contributed by atoms with Gasteiger partial charge in [0.05, 0.1) is 15.7 Å². The largest absolute Gasteiger partial charge is 0.273 e. The van der Waals surface area contributed by atoms with E-state index in [4.69, 9.17) is 0 Å². The fraction of sp³-hybridized carbons (Fsp3) is 0.160. The molecule has 168 valence electrons. The van der Waals surface area contributed by atoms with E-state index in [0.717, 1.165) is 15.4 Å². The molecule has 0 N–H and O–H groups in total. The topological polar surface area (TPSA) is 97.6 Å². The van der Waals surface area contributed by atoms with E-state index in [1.807, 2.05) is 37.3 Å². The van der Waals surface area contributed by atoms with Gasteiger partial charge in [-0.15, -0.1) is 0 Å². The van der Waals surface area contributed by atoms with Gasteiger partial charge in [-0.3, -0.25) is 14.9 Å². The SMILES string of the molecule is Cc1ccc(S(=O)(=O)N2C=C[C@H](c3ccccc3[N+](=O)[O-])[C@H](Cc3ccccc3)C2=O)cc1. The van der Waals surface area contributed by atoms with Crippen molar-refractivity contribution in [3.05, 3.63) is 118 Å². The lowest BCUT2D eigenvalue weighted by molar-refractivity contribution is -0.385. The van der Waals surface area contributed by atoms with E-state index in [9.17, 15) is 23.3 Å². The first-order valence-electron chi connectivity index (χ1n) is 10.4. The van der Waals surface area contributed by atoms with Crippen molar-refractivity contribution in [3.63, 3.8) is 0 Å². The molecule has 0 fully saturated rings. The van der Waals surface area contributed by atoms with Gasteiger partial charge in [-0.25, -0.2) is 12.7 Å². The Bertz CT molecular complexity index is 1320. The van der Waals surface area contributed by atoms with Gasteiger partial charge in [0.15, 0.2) is 0 Å². The van der Waals surface area contributed by atoms with Crippen LogP contribution in [0.15, 0.2) is 96.0 Å². The second-order valence-corrected chi connectivity index (χ2v) is 9.75. The summed E-state index contributed by atoms with van der Waals surface area (Å²) in [5.74, 6) is -2.10. The number of rotatable bonds is 6. The van der Waals surface area contributed by atoms with Crippen LogP contribution in [0.2, 0.25) is 0 Å². The van der Waals surface area contributed by atoms with Crippen LogP contribution in [-0.4, -0.2) is 23.6 Å². The fourth-order valence-electron chi connectivity index (χ4n) is 4.06. The van der Waals surface area contributed by atoms with Crippen molar-refractivity contribution in [1.29, 1.82) is 0 Å². The molecule has 2 atom stereocenters. The summed E-state index contributed by atoms with van der Waals surface area (Å²) in [6.07, 6.45) is 3.03. The zero-order valence-corrected chi connectivity index (χ0v) is 18.7. The molecule has 0 saturated heterocycles. The minimum Gasteiger partial charge on any atom is -0.273 e. The number of benzene rings is 3. The summed E-state index contributed by atoms with van der Waals surface area (Å²) in [6, 6.07) is 21.7. The summed E-state index contributed by atoms with van der Waals surface area (Å²) in [5, 5.41) is 11.6. The molecular formula is C25H22N2O5S. The minimum atomic E-state index is -4.12. The maximum Gasteiger partial charge on any atom is 0.273 e. The predicted octanol–water partition coefficient (Wildman–Crippen LogP) is 4.59. The molecule has 0 radical (unpaired) electrons. The molecule has 0 unspecified atom stereocenters. The van der Waals surface area contributed by atoms with Crippen molar-refractivity contribution in [2.45, 2.75) is 24.2 Å². The Morgan fingerprint density at radius 3 is 2.24 bits per heavy atom. The van der Waals surface area contributed by atoms with Gasteiger partial charge in [0, 0.05) is 23.7 Å². The van der Waals surface area contributed by atoms with Crippen LogP contribution >= 0.6 is 0 Å². The van der Waals surface area contributed by atoms with Crippen LogP contribution < -0.4 is 0 Å². The highest BCUT2D eigenvalue weighted by molar-refractivity contribution is 7.89. The van der Waals surface area contributed by atoms with E-state index in [-0.39, 0.29) is 17.0 Å². The Labute approximate surface area is 192 Å². The standard InChI is InChI=1S/C25H22N2O5S/c1-18-11-13-20(14-12-18)33(31,32)26-16-15-21(22-9-5-6-10-24(22)27(29)30)23(25(26)28)17-19-7-3-2-4-8-19/h2-16,21,23H,17H2,1H3/t21-,23+/m1/s1. The van der Waals surface area contributed by atoms with E-state index in [1.54, 1.807) is 36.4 Å². The Balaban J connectivity index is 1.80. The molecule has 8 heteroatoms. The van der Waals surface area contributed by atoms with Gasteiger partial charge in [0.1, 0.15) is 0 Å². The zero-order chi connectivity index (χ0) is 23.6. The number of aryl methyl sites for hydroxylation is 1. The zero-order valence-electron chi connectivity index (χ0n) is 17.9. The van der Waals surface area contributed by atoms with Crippen LogP contribution in [0.4, 0.5) is 5.69 Å². The fourth-order valence-corrected chi connectivity index (χ4v) is 5.37. The van der Waals surface area contributed by atoms with Crippen molar-refractivity contribution in [2.24, 2.45) is 5.92 Å². The van der Waals surface area contributed by atoms with Crippen LogP contribution in [0, 0.1) is 23.0 Å². The van der Waals surface area contributed by atoms with Gasteiger partial charge in [0.2, 0.25) is 5.91 Å². The van der Waals surface area contributed by atoms with Gasteiger partial charge >= 0.3 is 0 Å². The molecule has 7 nitrogen and oxygen atoms in total. The third-order valence-corrected chi connectivity index (χ3v) is 7.45. The number of nitro groups is 1. The van der Waals surface area contributed by atoms with Crippen LogP contribution in [0.1, 0.15) is 22.6 Å². The first-order valence-corrected chi connectivity index (χ1v) is 11.8. The Hall–Kier alpha value is -3.78. The highest BCUT2D eigenvalue weighted by Gasteiger charge is 2.41. The van der Waals surface area contributed by atoms with Gasteiger partial charge in [-0.2, -0.15) is 0 Å². The highest BCUT2D eigenvalue weighted by Crippen LogP contribution is 2.39. The molecule has 1 aliphatic rings. The molecule has 0 saturated carbocycles. The molecule has 3 aromatic carbocycles. The Kier molecular flexibility index (Phi) is 6.11. The third kappa shape index (κ3) is 4.42. The van der Waals surface area contributed by atoms with E-state index in [0.29, 0.717) is 5.56 Å². The van der Waals surface area contributed by atoms with E-state index >= 15 is 0 Å². The number of hydrogen-bond donors (Lipinski definition) is 0. The average molecular weight is 463 g/mol. The number of carbonyl (C=O) groups excluding carboxylic acids is 1. The van der Waals surface area contributed by atoms with E-state index < -0.39 is 32.7 Å². The quantitative estimate of drug-likeness (QED) is 0.394. The van der Waals surface area contributed by atoms with Crippen LogP contribution in [0.25, 0.3) is 0 Å². The second-order valence-electron chi connectivity index (χ2n) is 7.93. The first kappa shape index (κ1) is 22.4. The van der Waals surface area contributed by atoms with Crippen molar-refractivity contribution >= 4 is 21.6 Å². The third-order valence-electron chi connectivity index (χ3n) is 5.77. The summed E-state index contributed by atoms with van der Waals surface area (Å²) in [7, 11) is -4.12. The highest BCUT2D eigenvalue weighted by atomic mass is 32.2. The lowest BCUT2D eigenvalue weighted by atomic mass is 9.79. The van der Waals surface area contributed by atoms with Crippen LogP contribution in [0.3, 0.4) is 0 Å². The van der Waals surface area contributed by atoms with Crippen molar-refractivity contribution in [2.75, 3.05) is 0 Å².